The number of likely N-dealkylation sites (tertiary alicyclic amines) is 1. The molecule has 0 aliphatic carbocycles. The van der Waals surface area contributed by atoms with Crippen LogP contribution in [0.25, 0.3) is 0 Å². The maximum atomic E-state index is 12.2. The molecule has 0 radical (unpaired) electrons. The molecule has 1 heterocycles. The van der Waals surface area contributed by atoms with Gasteiger partial charge in [-0.3, -0.25) is 4.90 Å². The Hall–Kier alpha value is -1.69. The maximum Gasteiger partial charge on any atom is 0.411 e. The lowest BCUT2D eigenvalue weighted by Crippen LogP contribution is -2.43. The van der Waals surface area contributed by atoms with Gasteiger partial charge in [0.1, 0.15) is 11.6 Å². The molecule has 5 nitrogen and oxygen atoms in total. The molecule has 1 fully saturated rings. The molecule has 23 heavy (non-hydrogen) atoms. The first kappa shape index (κ1) is 17.7. The molecule has 1 saturated heterocycles. The van der Waals surface area contributed by atoms with Crippen molar-refractivity contribution < 1.29 is 19.4 Å². The van der Waals surface area contributed by atoms with Crippen molar-refractivity contribution in [3.8, 4) is 0 Å². The van der Waals surface area contributed by atoms with Gasteiger partial charge in [-0.05, 0) is 46.2 Å². The van der Waals surface area contributed by atoms with Gasteiger partial charge in [0.15, 0.2) is 0 Å². The van der Waals surface area contributed by atoms with Crippen LogP contribution in [0.1, 0.15) is 32.8 Å². The minimum absolute atomic E-state index is 0.0475. The van der Waals surface area contributed by atoms with Gasteiger partial charge in [0.2, 0.25) is 0 Å². The Balaban J connectivity index is 2.06. The molecule has 1 N–H and O–H groups in total. The zero-order chi connectivity index (χ0) is 17.2. The summed E-state index contributed by atoms with van der Waals surface area (Å²) in [6.07, 6.45) is -0.135. The van der Waals surface area contributed by atoms with Gasteiger partial charge in [0.05, 0.1) is 0 Å². The molecule has 0 aromatic heterocycles. The number of nitrogens with zero attached hydrogens (tertiary/aromatic N) is 1. The lowest BCUT2D eigenvalue weighted by atomic mass is 10.2. The summed E-state index contributed by atoms with van der Waals surface area (Å²) < 4.78 is 5.33. The molecule has 1 aliphatic rings. The van der Waals surface area contributed by atoms with Crippen molar-refractivity contribution in [3.05, 3.63) is 29.8 Å². The zero-order valence-corrected chi connectivity index (χ0v) is 14.7. The summed E-state index contributed by atoms with van der Waals surface area (Å²) in [5, 5.41) is 9.44. The van der Waals surface area contributed by atoms with Crippen LogP contribution >= 0.6 is 11.8 Å². The van der Waals surface area contributed by atoms with Gasteiger partial charge in [0.25, 0.3) is 0 Å². The number of carboxylic acid groups (broad SMARTS) is 1. The zero-order valence-electron chi connectivity index (χ0n) is 13.9. The molecule has 1 aromatic carbocycles. The highest BCUT2D eigenvalue weighted by Crippen LogP contribution is 2.33. The Labute approximate surface area is 141 Å². The average Bonchev–Trinajstić information content (AvgIpc) is 2.84. The van der Waals surface area contributed by atoms with Crippen LogP contribution in [0.2, 0.25) is 0 Å². The number of hydrogen-bond donors (Lipinski definition) is 1. The Bertz CT molecular complexity index is 579. The highest BCUT2D eigenvalue weighted by Gasteiger charge is 2.41. The minimum Gasteiger partial charge on any atom is -0.480 e. The predicted octanol–water partition coefficient (Wildman–Crippen LogP) is 3.55. The van der Waals surface area contributed by atoms with Gasteiger partial charge in [-0.2, -0.15) is 0 Å². The van der Waals surface area contributed by atoms with Crippen molar-refractivity contribution in [1.82, 2.24) is 4.90 Å². The van der Waals surface area contributed by atoms with E-state index in [1.54, 1.807) is 32.5 Å². The summed E-state index contributed by atoms with van der Waals surface area (Å²) in [6.45, 7) is 7.72. The summed E-state index contributed by atoms with van der Waals surface area (Å²) in [5.74, 6) is -0.983. The maximum absolute atomic E-state index is 12.2. The van der Waals surface area contributed by atoms with E-state index < -0.39 is 23.7 Å². The molecule has 6 heteroatoms. The summed E-state index contributed by atoms with van der Waals surface area (Å²) in [6, 6.07) is 7.26. The first-order valence-corrected chi connectivity index (χ1v) is 8.49. The standard InChI is InChI=1S/C17H23NO4S/c1-11-5-7-12(8-6-11)23-13-9-14(15(19)20)18(10-13)16(21)22-17(2,3)4/h5-8,13-14H,9-10H2,1-4H3,(H,19,20)/t13-,14+/m1/s1. The molecule has 0 unspecified atom stereocenters. The first-order valence-electron chi connectivity index (χ1n) is 7.61. The summed E-state index contributed by atoms with van der Waals surface area (Å²) >= 11 is 1.61. The van der Waals surface area contributed by atoms with Gasteiger partial charge in [-0.25, -0.2) is 9.59 Å². The van der Waals surface area contributed by atoms with Crippen molar-refractivity contribution >= 4 is 23.8 Å². The second kappa shape index (κ2) is 6.83. The lowest BCUT2D eigenvalue weighted by molar-refractivity contribution is -0.142. The monoisotopic (exact) mass is 337 g/mol. The third-order valence-corrected chi connectivity index (χ3v) is 4.72. The van der Waals surface area contributed by atoms with Gasteiger partial charge in [-0.1, -0.05) is 17.7 Å². The van der Waals surface area contributed by atoms with Crippen molar-refractivity contribution in [2.24, 2.45) is 0 Å². The molecule has 2 atom stereocenters. The molecular formula is C17H23NO4S. The predicted molar refractivity (Wildman–Crippen MR) is 89.8 cm³/mol. The van der Waals surface area contributed by atoms with Crippen molar-refractivity contribution in [2.75, 3.05) is 6.54 Å². The van der Waals surface area contributed by atoms with E-state index in [1.807, 2.05) is 31.2 Å². The number of carboxylic acids is 1. The SMILES string of the molecule is Cc1ccc(S[C@@H]2C[C@@H](C(=O)O)N(C(=O)OC(C)(C)C)C2)cc1. The fourth-order valence-corrected chi connectivity index (χ4v) is 3.64. The second-order valence-corrected chi connectivity index (χ2v) is 8.15. The molecule has 1 amide bonds. The number of rotatable bonds is 3. The highest BCUT2D eigenvalue weighted by molar-refractivity contribution is 8.00. The minimum atomic E-state index is -0.983. The van der Waals surface area contributed by atoms with Gasteiger partial charge >= 0.3 is 12.1 Å². The smallest absolute Gasteiger partial charge is 0.411 e. The van der Waals surface area contributed by atoms with E-state index in [2.05, 4.69) is 0 Å². The number of amides is 1. The largest absolute Gasteiger partial charge is 0.480 e. The van der Waals surface area contributed by atoms with Crippen LogP contribution in [0.3, 0.4) is 0 Å². The normalized spacial score (nSPS) is 21.3. The topological polar surface area (TPSA) is 66.8 Å². The summed E-state index contributed by atoms with van der Waals surface area (Å²) in [4.78, 5) is 26.1. The molecular weight excluding hydrogens is 314 g/mol. The average molecular weight is 337 g/mol. The van der Waals surface area contributed by atoms with Crippen molar-refractivity contribution in [2.45, 2.75) is 55.9 Å². The second-order valence-electron chi connectivity index (χ2n) is 6.78. The third kappa shape index (κ3) is 4.89. The van der Waals surface area contributed by atoms with E-state index in [0.29, 0.717) is 13.0 Å². The van der Waals surface area contributed by atoms with E-state index >= 15 is 0 Å². The molecule has 126 valence electrons. The Morgan fingerprint density at radius 1 is 1.26 bits per heavy atom. The Morgan fingerprint density at radius 2 is 1.87 bits per heavy atom. The molecule has 0 saturated carbocycles. The van der Waals surface area contributed by atoms with Crippen LogP contribution in [0.5, 0.6) is 0 Å². The fraction of sp³-hybridized carbons (Fsp3) is 0.529. The van der Waals surface area contributed by atoms with Crippen LogP contribution in [0.15, 0.2) is 29.2 Å². The number of ether oxygens (including phenoxy) is 1. The number of hydrogen-bond acceptors (Lipinski definition) is 4. The number of carbonyl (C=O) groups excluding carboxylic acids is 1. The number of benzene rings is 1. The van der Waals surface area contributed by atoms with Gasteiger partial charge < -0.3 is 9.84 Å². The van der Waals surface area contributed by atoms with E-state index in [1.165, 1.54) is 10.5 Å². The van der Waals surface area contributed by atoms with E-state index in [9.17, 15) is 14.7 Å². The van der Waals surface area contributed by atoms with Gasteiger partial charge in [0, 0.05) is 16.7 Å². The number of aryl methyl sites for hydroxylation is 1. The lowest BCUT2D eigenvalue weighted by Gasteiger charge is -2.26. The fourth-order valence-electron chi connectivity index (χ4n) is 2.45. The van der Waals surface area contributed by atoms with E-state index in [0.717, 1.165) is 4.90 Å². The highest BCUT2D eigenvalue weighted by atomic mass is 32.2. The Kier molecular flexibility index (Phi) is 5.24. The number of carbonyl (C=O) groups is 2. The van der Waals surface area contributed by atoms with Crippen LogP contribution < -0.4 is 0 Å². The van der Waals surface area contributed by atoms with Gasteiger partial charge in [-0.15, -0.1) is 11.8 Å². The quantitative estimate of drug-likeness (QED) is 0.913. The third-order valence-electron chi connectivity index (χ3n) is 3.50. The van der Waals surface area contributed by atoms with Crippen molar-refractivity contribution in [3.63, 3.8) is 0 Å². The van der Waals surface area contributed by atoms with Crippen LogP contribution in [-0.2, 0) is 9.53 Å². The molecule has 1 aliphatic heterocycles. The van der Waals surface area contributed by atoms with Crippen LogP contribution in [0, 0.1) is 6.92 Å². The Morgan fingerprint density at radius 3 is 2.39 bits per heavy atom. The van der Waals surface area contributed by atoms with Crippen LogP contribution in [0.4, 0.5) is 4.79 Å². The van der Waals surface area contributed by atoms with E-state index in [-0.39, 0.29) is 5.25 Å². The molecule has 1 aromatic rings. The van der Waals surface area contributed by atoms with Crippen LogP contribution in [-0.4, -0.2) is 45.5 Å². The molecule has 2 rings (SSSR count). The molecule has 0 bridgehead atoms. The first-order chi connectivity index (χ1) is 10.7. The van der Waals surface area contributed by atoms with Crippen molar-refractivity contribution in [1.29, 1.82) is 0 Å². The number of thioether (sulfide) groups is 1. The number of aliphatic carboxylic acids is 1. The van der Waals surface area contributed by atoms with E-state index in [4.69, 9.17) is 4.74 Å². The molecule has 0 spiro atoms. The summed E-state index contributed by atoms with van der Waals surface area (Å²) in [5.41, 5.74) is 0.544. The summed E-state index contributed by atoms with van der Waals surface area (Å²) in [7, 11) is 0.